The number of benzene rings is 1. The lowest BCUT2D eigenvalue weighted by molar-refractivity contribution is 0.404. The molecule has 0 amide bonds. The van der Waals surface area contributed by atoms with E-state index in [4.69, 9.17) is 5.73 Å². The van der Waals surface area contributed by atoms with Gasteiger partial charge in [-0.15, -0.1) is 0 Å². The van der Waals surface area contributed by atoms with Crippen LogP contribution in [0.5, 0.6) is 0 Å². The van der Waals surface area contributed by atoms with Gasteiger partial charge in [-0.25, -0.2) is 9.07 Å². The minimum Gasteiger partial charge on any atom is -0.384 e. The lowest BCUT2D eigenvalue weighted by atomic mass is 9.91. The molecule has 0 fully saturated rings. The first-order valence-corrected chi connectivity index (χ1v) is 6.40. The van der Waals surface area contributed by atoms with E-state index in [-0.39, 0.29) is 11.2 Å². The molecule has 102 valence electrons. The predicted octanol–water partition coefficient (Wildman–Crippen LogP) is 3.24. The van der Waals surface area contributed by atoms with E-state index < -0.39 is 0 Å². The molecule has 4 heteroatoms. The summed E-state index contributed by atoms with van der Waals surface area (Å²) in [5.41, 5.74) is 7.96. The minimum absolute atomic E-state index is 0.171. The number of nitrogens with zero attached hydrogens (tertiary/aromatic N) is 2. The number of nitrogen functional groups attached to an aromatic ring is 1. The van der Waals surface area contributed by atoms with Crippen molar-refractivity contribution in [3.8, 4) is 0 Å². The standard InChI is InChI=1S/C15H20FN3/c1-15(2,3)9-13-8-14(17)19(18-13)10-11-5-4-6-12(16)7-11/h4-8H,9-10,17H2,1-3H3. The SMILES string of the molecule is CC(C)(C)Cc1cc(N)n(Cc2cccc(F)c2)n1. The van der Waals surface area contributed by atoms with Crippen LogP contribution in [0.15, 0.2) is 30.3 Å². The first kappa shape index (κ1) is 13.6. The average Bonchev–Trinajstić information content (AvgIpc) is 2.56. The molecule has 0 unspecified atom stereocenters. The number of nitrogens with two attached hydrogens (primary N) is 1. The van der Waals surface area contributed by atoms with Crippen molar-refractivity contribution in [1.29, 1.82) is 0 Å². The van der Waals surface area contributed by atoms with Crippen LogP contribution in [0.1, 0.15) is 32.0 Å². The molecule has 0 saturated carbocycles. The zero-order chi connectivity index (χ0) is 14.0. The van der Waals surface area contributed by atoms with Gasteiger partial charge < -0.3 is 5.73 Å². The minimum atomic E-state index is -0.238. The van der Waals surface area contributed by atoms with E-state index in [0.717, 1.165) is 17.7 Å². The zero-order valence-corrected chi connectivity index (χ0v) is 11.7. The Balaban J connectivity index is 2.17. The maximum Gasteiger partial charge on any atom is 0.123 e. The average molecular weight is 261 g/mol. The summed E-state index contributed by atoms with van der Waals surface area (Å²) >= 11 is 0. The number of anilines is 1. The summed E-state index contributed by atoms with van der Waals surface area (Å²) in [6.45, 7) is 6.98. The third-order valence-electron chi connectivity index (χ3n) is 2.79. The van der Waals surface area contributed by atoms with E-state index in [1.807, 2.05) is 12.1 Å². The van der Waals surface area contributed by atoms with Crippen molar-refractivity contribution in [1.82, 2.24) is 9.78 Å². The van der Waals surface area contributed by atoms with E-state index in [0.29, 0.717) is 12.4 Å². The number of halogens is 1. The van der Waals surface area contributed by atoms with Gasteiger partial charge in [0.05, 0.1) is 12.2 Å². The van der Waals surface area contributed by atoms with Gasteiger partial charge in [0.2, 0.25) is 0 Å². The summed E-state index contributed by atoms with van der Waals surface area (Å²) < 4.78 is 14.9. The molecule has 3 nitrogen and oxygen atoms in total. The molecule has 1 aromatic heterocycles. The molecule has 0 atom stereocenters. The zero-order valence-electron chi connectivity index (χ0n) is 11.7. The monoisotopic (exact) mass is 261 g/mol. The molecule has 19 heavy (non-hydrogen) atoms. The Kier molecular flexibility index (Phi) is 3.60. The Morgan fingerprint density at radius 1 is 1.26 bits per heavy atom. The van der Waals surface area contributed by atoms with Crippen molar-refractivity contribution >= 4 is 5.82 Å². The van der Waals surface area contributed by atoms with Crippen LogP contribution in [0.25, 0.3) is 0 Å². The highest BCUT2D eigenvalue weighted by Gasteiger charge is 2.15. The van der Waals surface area contributed by atoms with Crippen LogP contribution >= 0.6 is 0 Å². The second-order valence-electron chi connectivity index (χ2n) is 6.09. The van der Waals surface area contributed by atoms with Crippen molar-refractivity contribution in [3.63, 3.8) is 0 Å². The van der Waals surface area contributed by atoms with Crippen LogP contribution in [-0.2, 0) is 13.0 Å². The first-order valence-electron chi connectivity index (χ1n) is 6.40. The van der Waals surface area contributed by atoms with Crippen LogP contribution in [0.4, 0.5) is 10.2 Å². The quantitative estimate of drug-likeness (QED) is 0.921. The van der Waals surface area contributed by atoms with Crippen molar-refractivity contribution in [3.05, 3.63) is 47.4 Å². The molecule has 2 aromatic rings. The van der Waals surface area contributed by atoms with Crippen LogP contribution < -0.4 is 5.73 Å². The Bertz CT molecular complexity index is 567. The smallest absolute Gasteiger partial charge is 0.123 e. The molecule has 2 N–H and O–H groups in total. The normalized spacial score (nSPS) is 11.8. The third-order valence-corrected chi connectivity index (χ3v) is 2.79. The highest BCUT2D eigenvalue weighted by Crippen LogP contribution is 2.21. The first-order chi connectivity index (χ1) is 8.83. The van der Waals surface area contributed by atoms with Crippen LogP contribution in [0.3, 0.4) is 0 Å². The molecule has 0 bridgehead atoms. The van der Waals surface area contributed by atoms with Crippen molar-refractivity contribution in [2.75, 3.05) is 5.73 Å². The van der Waals surface area contributed by atoms with Crippen molar-refractivity contribution < 1.29 is 4.39 Å². The fraction of sp³-hybridized carbons (Fsp3) is 0.400. The lowest BCUT2D eigenvalue weighted by Crippen LogP contribution is -2.11. The third kappa shape index (κ3) is 3.81. The van der Waals surface area contributed by atoms with Gasteiger partial charge in [-0.1, -0.05) is 32.9 Å². The van der Waals surface area contributed by atoms with Gasteiger partial charge in [-0.05, 0) is 29.5 Å². The fourth-order valence-electron chi connectivity index (χ4n) is 2.05. The van der Waals surface area contributed by atoms with E-state index in [1.54, 1.807) is 10.7 Å². The van der Waals surface area contributed by atoms with E-state index in [9.17, 15) is 4.39 Å². The molecule has 1 heterocycles. The lowest BCUT2D eigenvalue weighted by Gasteiger charge is -2.15. The van der Waals surface area contributed by atoms with E-state index >= 15 is 0 Å². The highest BCUT2D eigenvalue weighted by molar-refractivity contribution is 5.32. The van der Waals surface area contributed by atoms with Crippen LogP contribution in [-0.4, -0.2) is 9.78 Å². The maximum absolute atomic E-state index is 13.1. The fourth-order valence-corrected chi connectivity index (χ4v) is 2.05. The number of hydrogen-bond acceptors (Lipinski definition) is 2. The Morgan fingerprint density at radius 3 is 2.63 bits per heavy atom. The molecule has 0 saturated heterocycles. The number of hydrogen-bond donors (Lipinski definition) is 1. The summed E-state index contributed by atoms with van der Waals surface area (Å²) in [7, 11) is 0. The van der Waals surface area contributed by atoms with E-state index in [1.165, 1.54) is 12.1 Å². The predicted molar refractivity (Wildman–Crippen MR) is 75.3 cm³/mol. The van der Waals surface area contributed by atoms with Gasteiger partial charge in [0.15, 0.2) is 0 Å². The van der Waals surface area contributed by atoms with Gasteiger partial charge in [-0.2, -0.15) is 5.10 Å². The molecule has 0 aliphatic carbocycles. The molecular weight excluding hydrogens is 241 g/mol. The van der Waals surface area contributed by atoms with Crippen LogP contribution in [0.2, 0.25) is 0 Å². The summed E-state index contributed by atoms with van der Waals surface area (Å²) in [5.74, 6) is 0.377. The summed E-state index contributed by atoms with van der Waals surface area (Å²) in [6, 6.07) is 8.39. The molecule has 0 aliphatic rings. The molecule has 0 aliphatic heterocycles. The maximum atomic E-state index is 13.1. The molecule has 2 rings (SSSR count). The Morgan fingerprint density at radius 2 is 2.00 bits per heavy atom. The second kappa shape index (κ2) is 5.03. The van der Waals surface area contributed by atoms with Gasteiger partial charge in [-0.3, -0.25) is 0 Å². The summed E-state index contributed by atoms with van der Waals surface area (Å²) in [6.07, 6.45) is 0.868. The van der Waals surface area contributed by atoms with Crippen LogP contribution in [0, 0.1) is 11.2 Å². The topological polar surface area (TPSA) is 43.8 Å². The van der Waals surface area contributed by atoms with Crippen molar-refractivity contribution in [2.45, 2.75) is 33.7 Å². The second-order valence-corrected chi connectivity index (χ2v) is 6.09. The number of rotatable bonds is 3. The van der Waals surface area contributed by atoms with E-state index in [2.05, 4.69) is 25.9 Å². The molecule has 1 aromatic carbocycles. The molecular formula is C15H20FN3. The number of aromatic nitrogens is 2. The van der Waals surface area contributed by atoms with Gasteiger partial charge in [0, 0.05) is 6.07 Å². The van der Waals surface area contributed by atoms with Gasteiger partial charge in [0.1, 0.15) is 11.6 Å². The Labute approximate surface area is 113 Å². The van der Waals surface area contributed by atoms with Gasteiger partial charge >= 0.3 is 0 Å². The summed E-state index contributed by atoms with van der Waals surface area (Å²) in [5, 5.41) is 4.49. The Hall–Kier alpha value is -1.84. The summed E-state index contributed by atoms with van der Waals surface area (Å²) in [4.78, 5) is 0. The molecule has 0 radical (unpaired) electrons. The van der Waals surface area contributed by atoms with Gasteiger partial charge in [0.25, 0.3) is 0 Å². The van der Waals surface area contributed by atoms with Crippen molar-refractivity contribution in [2.24, 2.45) is 5.41 Å². The largest absolute Gasteiger partial charge is 0.384 e. The molecule has 0 spiro atoms. The highest BCUT2D eigenvalue weighted by atomic mass is 19.1.